The zero-order valence-corrected chi connectivity index (χ0v) is 16.5. The molecule has 0 fully saturated rings. The van der Waals surface area contributed by atoms with Gasteiger partial charge in [0.15, 0.2) is 17.3 Å². The highest BCUT2D eigenvalue weighted by Crippen LogP contribution is 2.28. The highest BCUT2D eigenvalue weighted by Gasteiger charge is 2.10. The van der Waals surface area contributed by atoms with E-state index in [-0.39, 0.29) is 18.8 Å². The van der Waals surface area contributed by atoms with Gasteiger partial charge in [0.05, 0.1) is 36.5 Å². The van der Waals surface area contributed by atoms with Gasteiger partial charge in [0.2, 0.25) is 0 Å². The van der Waals surface area contributed by atoms with Crippen molar-refractivity contribution in [3.05, 3.63) is 52.6 Å². The Labute approximate surface area is 164 Å². The van der Waals surface area contributed by atoms with Gasteiger partial charge in [-0.05, 0) is 57.5 Å². The second-order valence-electron chi connectivity index (χ2n) is 6.27. The molecule has 7 heteroatoms. The molecule has 1 N–H and O–H groups in total. The number of aryl methyl sites for hydroxylation is 3. The average molecular weight is 384 g/mol. The van der Waals surface area contributed by atoms with Crippen molar-refractivity contribution >= 4 is 17.8 Å². The lowest BCUT2D eigenvalue weighted by Gasteiger charge is -2.11. The molecule has 148 valence electrons. The van der Waals surface area contributed by atoms with Gasteiger partial charge in [0.1, 0.15) is 0 Å². The molecule has 1 aromatic carbocycles. The van der Waals surface area contributed by atoms with Crippen LogP contribution in [0.4, 0.5) is 0 Å². The van der Waals surface area contributed by atoms with Crippen molar-refractivity contribution in [2.45, 2.75) is 33.6 Å². The van der Waals surface area contributed by atoms with E-state index in [1.165, 1.54) is 13.2 Å². The Hall–Kier alpha value is -3.22. The molecule has 7 nitrogen and oxygen atoms in total. The summed E-state index contributed by atoms with van der Waals surface area (Å²) < 4.78 is 10.8. The van der Waals surface area contributed by atoms with Gasteiger partial charge in [-0.3, -0.25) is 14.6 Å². The number of ketones is 1. The molecule has 2 aromatic rings. The molecule has 0 radical (unpaired) electrons. The van der Waals surface area contributed by atoms with Gasteiger partial charge < -0.3 is 14.6 Å². The van der Waals surface area contributed by atoms with Crippen molar-refractivity contribution in [3.8, 4) is 11.5 Å². The maximum atomic E-state index is 12.5. The summed E-state index contributed by atoms with van der Waals surface area (Å²) in [5.41, 5.74) is 3.55. The third kappa shape index (κ3) is 5.64. The first-order valence-electron chi connectivity index (χ1n) is 8.88. The highest BCUT2D eigenvalue weighted by molar-refractivity contribution is 6.07. The van der Waals surface area contributed by atoms with E-state index in [0.29, 0.717) is 29.2 Å². The van der Waals surface area contributed by atoms with Crippen LogP contribution in [0.2, 0.25) is 0 Å². The van der Waals surface area contributed by atoms with E-state index in [2.05, 4.69) is 9.97 Å². The van der Waals surface area contributed by atoms with Crippen LogP contribution in [0, 0.1) is 20.8 Å². The minimum Gasteiger partial charge on any atom is -0.493 e. The summed E-state index contributed by atoms with van der Waals surface area (Å²) in [6.45, 7) is 5.87. The van der Waals surface area contributed by atoms with E-state index < -0.39 is 5.97 Å². The zero-order chi connectivity index (χ0) is 20.7. The van der Waals surface area contributed by atoms with Crippen LogP contribution < -0.4 is 9.47 Å². The van der Waals surface area contributed by atoms with Crippen LogP contribution in [0.15, 0.2) is 24.3 Å². The number of carbonyl (C=O) groups is 2. The van der Waals surface area contributed by atoms with Gasteiger partial charge in [-0.1, -0.05) is 0 Å². The number of rotatable bonds is 9. The van der Waals surface area contributed by atoms with Gasteiger partial charge in [-0.15, -0.1) is 0 Å². The van der Waals surface area contributed by atoms with E-state index in [0.717, 1.165) is 17.1 Å². The van der Waals surface area contributed by atoms with E-state index in [4.69, 9.17) is 14.6 Å². The largest absolute Gasteiger partial charge is 0.493 e. The van der Waals surface area contributed by atoms with Gasteiger partial charge >= 0.3 is 5.97 Å². The van der Waals surface area contributed by atoms with Crippen LogP contribution in [0.3, 0.4) is 0 Å². The number of ether oxygens (including phenoxy) is 2. The van der Waals surface area contributed by atoms with E-state index in [9.17, 15) is 9.59 Å². The van der Waals surface area contributed by atoms with Crippen molar-refractivity contribution in [2.24, 2.45) is 0 Å². The average Bonchev–Trinajstić information content (AvgIpc) is 2.66. The third-order valence-corrected chi connectivity index (χ3v) is 4.15. The standard InChI is InChI=1S/C21H24N2O5/c1-13-14(2)23-17(15(3)22-13)8-9-18(24)16-7-10-19(20(12-16)27-4)28-11-5-6-21(25)26/h7-10,12H,5-6,11H2,1-4H3,(H,25,26)/b9-8+. The molecule has 0 amide bonds. The summed E-state index contributed by atoms with van der Waals surface area (Å²) >= 11 is 0. The molecule has 0 atom stereocenters. The first kappa shape index (κ1) is 21.1. The molecule has 0 aliphatic rings. The molecule has 0 aliphatic heterocycles. The quantitative estimate of drug-likeness (QED) is 0.401. The zero-order valence-electron chi connectivity index (χ0n) is 16.5. The summed E-state index contributed by atoms with van der Waals surface area (Å²) in [4.78, 5) is 31.9. The fourth-order valence-electron chi connectivity index (χ4n) is 2.49. The van der Waals surface area contributed by atoms with E-state index in [1.54, 1.807) is 24.3 Å². The number of methoxy groups -OCH3 is 1. The number of carboxylic acid groups (broad SMARTS) is 1. The van der Waals surface area contributed by atoms with Gasteiger partial charge in [0.25, 0.3) is 0 Å². The number of aliphatic carboxylic acids is 1. The van der Waals surface area contributed by atoms with Crippen LogP contribution in [0.25, 0.3) is 6.08 Å². The molecule has 1 heterocycles. The minimum atomic E-state index is -0.869. The fourth-order valence-corrected chi connectivity index (χ4v) is 2.49. The Morgan fingerprint density at radius 3 is 2.46 bits per heavy atom. The van der Waals surface area contributed by atoms with Crippen LogP contribution in [0.1, 0.15) is 46.0 Å². The van der Waals surface area contributed by atoms with Crippen LogP contribution in [-0.2, 0) is 4.79 Å². The Balaban J connectivity index is 2.11. The Morgan fingerprint density at radius 2 is 1.79 bits per heavy atom. The third-order valence-electron chi connectivity index (χ3n) is 4.15. The Morgan fingerprint density at radius 1 is 1.07 bits per heavy atom. The lowest BCUT2D eigenvalue weighted by Crippen LogP contribution is -2.04. The number of hydrogen-bond donors (Lipinski definition) is 1. The van der Waals surface area contributed by atoms with Gasteiger partial charge in [0, 0.05) is 12.0 Å². The molecule has 28 heavy (non-hydrogen) atoms. The molecule has 0 spiro atoms. The first-order valence-corrected chi connectivity index (χ1v) is 8.88. The van der Waals surface area contributed by atoms with E-state index in [1.807, 2.05) is 20.8 Å². The number of hydrogen-bond acceptors (Lipinski definition) is 6. The number of nitrogens with zero attached hydrogens (tertiary/aromatic N) is 2. The molecular formula is C21H24N2O5. The summed E-state index contributed by atoms with van der Waals surface area (Å²) in [5, 5.41) is 8.65. The molecule has 0 unspecified atom stereocenters. The molecule has 0 aliphatic carbocycles. The maximum absolute atomic E-state index is 12.5. The van der Waals surface area contributed by atoms with Crippen molar-refractivity contribution in [2.75, 3.05) is 13.7 Å². The molecule has 1 aromatic heterocycles. The van der Waals surface area contributed by atoms with Gasteiger partial charge in [-0.2, -0.15) is 0 Å². The van der Waals surface area contributed by atoms with Crippen molar-refractivity contribution in [1.82, 2.24) is 9.97 Å². The molecule has 0 bridgehead atoms. The topological polar surface area (TPSA) is 98.6 Å². The van der Waals surface area contributed by atoms with Crippen LogP contribution in [0.5, 0.6) is 11.5 Å². The lowest BCUT2D eigenvalue weighted by atomic mass is 10.1. The predicted octanol–water partition coefficient (Wildman–Crippen LogP) is 3.55. The minimum absolute atomic E-state index is 0.0322. The second-order valence-corrected chi connectivity index (χ2v) is 6.27. The number of carbonyl (C=O) groups excluding carboxylic acids is 1. The van der Waals surface area contributed by atoms with E-state index >= 15 is 0 Å². The summed E-state index contributed by atoms with van der Waals surface area (Å²) in [6, 6.07) is 4.88. The van der Waals surface area contributed by atoms with Gasteiger partial charge in [-0.25, -0.2) is 4.98 Å². The van der Waals surface area contributed by atoms with Crippen molar-refractivity contribution in [1.29, 1.82) is 0 Å². The summed E-state index contributed by atoms with van der Waals surface area (Å²) in [5.74, 6) is -0.192. The van der Waals surface area contributed by atoms with Crippen molar-refractivity contribution in [3.63, 3.8) is 0 Å². The predicted molar refractivity (Wildman–Crippen MR) is 105 cm³/mol. The number of benzene rings is 1. The first-order chi connectivity index (χ1) is 13.3. The summed E-state index contributed by atoms with van der Waals surface area (Å²) in [6.07, 6.45) is 3.52. The fraction of sp³-hybridized carbons (Fsp3) is 0.333. The maximum Gasteiger partial charge on any atom is 0.303 e. The number of carboxylic acids is 1. The number of aromatic nitrogens is 2. The highest BCUT2D eigenvalue weighted by atomic mass is 16.5. The molecule has 0 saturated carbocycles. The monoisotopic (exact) mass is 384 g/mol. The molecular weight excluding hydrogens is 360 g/mol. The van der Waals surface area contributed by atoms with Crippen molar-refractivity contribution < 1.29 is 24.2 Å². The smallest absolute Gasteiger partial charge is 0.303 e. The molecule has 0 saturated heterocycles. The Bertz CT molecular complexity index is 906. The van der Waals surface area contributed by atoms with Crippen LogP contribution in [-0.4, -0.2) is 40.5 Å². The normalized spacial score (nSPS) is 10.9. The lowest BCUT2D eigenvalue weighted by molar-refractivity contribution is -0.137. The second kappa shape index (κ2) is 9.64. The Kier molecular flexibility index (Phi) is 7.26. The number of allylic oxidation sites excluding steroid dienone is 1. The SMILES string of the molecule is COc1cc(C(=O)/C=C/c2nc(C)c(C)nc2C)ccc1OCCCC(=O)O. The summed E-state index contributed by atoms with van der Waals surface area (Å²) in [7, 11) is 1.48. The molecule has 2 rings (SSSR count). The van der Waals surface area contributed by atoms with Crippen LogP contribution >= 0.6 is 0 Å².